The first kappa shape index (κ1) is 16.3. The van der Waals surface area contributed by atoms with Crippen molar-refractivity contribution >= 4 is 27.3 Å². The summed E-state index contributed by atoms with van der Waals surface area (Å²) in [6, 6.07) is 5.34. The van der Waals surface area contributed by atoms with Gasteiger partial charge in [-0.15, -0.1) is 0 Å². The average Bonchev–Trinajstić information content (AvgIpc) is 3.15. The molecule has 126 valence electrons. The van der Waals surface area contributed by atoms with E-state index < -0.39 is 15.3 Å². The first-order valence-electron chi connectivity index (χ1n) is 7.96. The van der Waals surface area contributed by atoms with Crippen LogP contribution in [0.5, 0.6) is 0 Å². The van der Waals surface area contributed by atoms with Crippen molar-refractivity contribution in [2.75, 3.05) is 22.8 Å². The molecule has 1 amide bonds. The molecule has 1 saturated heterocycles. The number of carbonyl (C=O) groups is 1. The Morgan fingerprint density at radius 1 is 1.39 bits per heavy atom. The number of hydrogen-bond donors (Lipinski definition) is 1. The van der Waals surface area contributed by atoms with Gasteiger partial charge in [0.2, 0.25) is 10.0 Å². The van der Waals surface area contributed by atoms with E-state index in [9.17, 15) is 13.2 Å². The first-order chi connectivity index (χ1) is 10.9. The van der Waals surface area contributed by atoms with Crippen molar-refractivity contribution in [2.45, 2.75) is 44.5 Å². The summed E-state index contributed by atoms with van der Waals surface area (Å²) in [5, 5.41) is -0.492. The van der Waals surface area contributed by atoms with E-state index in [0.29, 0.717) is 18.8 Å². The number of carbonyl (C=O) groups excluding carboxylic acids is 1. The van der Waals surface area contributed by atoms with Gasteiger partial charge in [0.15, 0.2) is 0 Å². The van der Waals surface area contributed by atoms with E-state index in [1.54, 1.807) is 24.8 Å². The lowest BCUT2D eigenvalue weighted by Gasteiger charge is -2.21. The Bertz CT molecular complexity index is 709. The standard InChI is InChI=1S/C16H22N2O4S/c1-11(2)23(20,21)17-13-5-6-14-12(10-13)7-8-18(14)16(19)15-4-3-9-22-15/h5-6,10-11,15,17H,3-4,7-9H2,1-2H3. The van der Waals surface area contributed by atoms with E-state index in [-0.39, 0.29) is 12.0 Å². The van der Waals surface area contributed by atoms with Gasteiger partial charge < -0.3 is 9.64 Å². The molecule has 1 aromatic carbocycles. The maximum Gasteiger partial charge on any atom is 0.256 e. The summed E-state index contributed by atoms with van der Waals surface area (Å²) < 4.78 is 32.0. The lowest BCUT2D eigenvalue weighted by atomic mass is 10.1. The largest absolute Gasteiger partial charge is 0.368 e. The molecule has 1 unspecified atom stereocenters. The first-order valence-corrected chi connectivity index (χ1v) is 9.50. The maximum atomic E-state index is 12.5. The van der Waals surface area contributed by atoms with Crippen molar-refractivity contribution < 1.29 is 17.9 Å². The lowest BCUT2D eigenvalue weighted by Crippen LogP contribution is -2.37. The number of sulfonamides is 1. The van der Waals surface area contributed by atoms with E-state index >= 15 is 0 Å². The molecule has 0 bridgehead atoms. The Hall–Kier alpha value is -1.60. The highest BCUT2D eigenvalue weighted by Crippen LogP contribution is 2.32. The fourth-order valence-electron chi connectivity index (χ4n) is 2.92. The van der Waals surface area contributed by atoms with Crippen LogP contribution in [0.4, 0.5) is 11.4 Å². The Labute approximate surface area is 136 Å². The summed E-state index contributed by atoms with van der Waals surface area (Å²) in [6.07, 6.45) is 2.09. The monoisotopic (exact) mass is 338 g/mol. The van der Waals surface area contributed by atoms with Crippen LogP contribution in [0.3, 0.4) is 0 Å². The van der Waals surface area contributed by atoms with Gasteiger partial charge in [0.05, 0.1) is 5.25 Å². The van der Waals surface area contributed by atoms with Crippen molar-refractivity contribution in [1.29, 1.82) is 0 Å². The van der Waals surface area contributed by atoms with Crippen LogP contribution in [0, 0.1) is 0 Å². The van der Waals surface area contributed by atoms with Crippen molar-refractivity contribution in [3.05, 3.63) is 23.8 Å². The van der Waals surface area contributed by atoms with Crippen molar-refractivity contribution in [2.24, 2.45) is 0 Å². The van der Waals surface area contributed by atoms with E-state index in [0.717, 1.165) is 30.5 Å². The number of nitrogens with one attached hydrogen (secondary N) is 1. The minimum Gasteiger partial charge on any atom is -0.368 e. The second kappa shape index (κ2) is 6.13. The SMILES string of the molecule is CC(C)S(=O)(=O)Nc1ccc2c(c1)CCN2C(=O)C1CCCO1. The third-order valence-electron chi connectivity index (χ3n) is 4.33. The van der Waals surface area contributed by atoms with Gasteiger partial charge in [-0.2, -0.15) is 0 Å². The molecule has 2 aliphatic rings. The molecule has 0 spiro atoms. The van der Waals surface area contributed by atoms with E-state index in [1.165, 1.54) is 0 Å². The highest BCUT2D eigenvalue weighted by molar-refractivity contribution is 7.93. The minimum absolute atomic E-state index is 0.0109. The number of fused-ring (bicyclic) bond motifs is 1. The Balaban J connectivity index is 1.79. The van der Waals surface area contributed by atoms with Gasteiger partial charge in [0.1, 0.15) is 6.10 Å². The number of amides is 1. The van der Waals surface area contributed by atoms with Gasteiger partial charge in [-0.1, -0.05) is 0 Å². The molecule has 2 heterocycles. The van der Waals surface area contributed by atoms with Crippen molar-refractivity contribution in [1.82, 2.24) is 0 Å². The van der Waals surface area contributed by atoms with Crippen LogP contribution < -0.4 is 9.62 Å². The van der Waals surface area contributed by atoms with Crippen LogP contribution in [0.1, 0.15) is 32.3 Å². The molecule has 1 fully saturated rings. The van der Waals surface area contributed by atoms with Gasteiger partial charge in [-0.05, 0) is 56.9 Å². The Morgan fingerprint density at radius 3 is 2.83 bits per heavy atom. The topological polar surface area (TPSA) is 75.7 Å². The molecule has 1 N–H and O–H groups in total. The van der Waals surface area contributed by atoms with Gasteiger partial charge in [0.25, 0.3) is 5.91 Å². The van der Waals surface area contributed by atoms with Crippen LogP contribution in [0.15, 0.2) is 18.2 Å². The zero-order valence-corrected chi connectivity index (χ0v) is 14.2. The summed E-state index contributed by atoms with van der Waals surface area (Å²) in [5.74, 6) is 0.0109. The van der Waals surface area contributed by atoms with Crippen LogP contribution in [-0.4, -0.2) is 38.8 Å². The van der Waals surface area contributed by atoms with Crippen molar-refractivity contribution in [3.63, 3.8) is 0 Å². The summed E-state index contributed by atoms with van der Waals surface area (Å²) in [7, 11) is -3.36. The second-order valence-corrected chi connectivity index (χ2v) is 8.52. The smallest absolute Gasteiger partial charge is 0.256 e. The molecule has 3 rings (SSSR count). The molecule has 6 nitrogen and oxygen atoms in total. The third-order valence-corrected chi connectivity index (χ3v) is 6.09. The van der Waals surface area contributed by atoms with Crippen LogP contribution >= 0.6 is 0 Å². The Morgan fingerprint density at radius 2 is 2.17 bits per heavy atom. The number of hydrogen-bond acceptors (Lipinski definition) is 4. The van der Waals surface area contributed by atoms with Gasteiger partial charge in [-0.25, -0.2) is 8.42 Å². The molecule has 23 heavy (non-hydrogen) atoms. The fraction of sp³-hybridized carbons (Fsp3) is 0.562. The number of ether oxygens (including phenoxy) is 1. The molecule has 1 aromatic rings. The maximum absolute atomic E-state index is 12.5. The van der Waals surface area contributed by atoms with Gasteiger partial charge in [0, 0.05) is 24.5 Å². The molecule has 2 aliphatic heterocycles. The lowest BCUT2D eigenvalue weighted by molar-refractivity contribution is -0.127. The van der Waals surface area contributed by atoms with Crippen molar-refractivity contribution in [3.8, 4) is 0 Å². The molecule has 0 aromatic heterocycles. The normalized spacial score (nSPS) is 20.8. The predicted octanol–water partition coefficient (Wildman–Crippen LogP) is 1.90. The summed E-state index contributed by atoms with van der Waals surface area (Å²) >= 11 is 0. The molecule has 7 heteroatoms. The fourth-order valence-corrected chi connectivity index (χ4v) is 3.61. The molecule has 0 aliphatic carbocycles. The minimum atomic E-state index is -3.36. The van der Waals surface area contributed by atoms with E-state index in [1.807, 2.05) is 12.1 Å². The quantitative estimate of drug-likeness (QED) is 0.910. The average molecular weight is 338 g/mol. The number of benzene rings is 1. The predicted molar refractivity (Wildman–Crippen MR) is 89.2 cm³/mol. The molecular weight excluding hydrogens is 316 g/mol. The molecule has 1 atom stereocenters. The number of anilines is 2. The zero-order valence-electron chi connectivity index (χ0n) is 13.4. The highest BCUT2D eigenvalue weighted by atomic mass is 32.2. The van der Waals surface area contributed by atoms with Gasteiger partial charge >= 0.3 is 0 Å². The van der Waals surface area contributed by atoms with E-state index in [2.05, 4.69) is 4.72 Å². The number of nitrogens with zero attached hydrogens (tertiary/aromatic N) is 1. The van der Waals surface area contributed by atoms with Crippen LogP contribution in [0.25, 0.3) is 0 Å². The summed E-state index contributed by atoms with van der Waals surface area (Å²) in [5.41, 5.74) is 2.39. The Kier molecular flexibility index (Phi) is 4.33. The zero-order chi connectivity index (χ0) is 16.6. The van der Waals surface area contributed by atoms with Crippen LogP contribution in [-0.2, 0) is 26.0 Å². The number of rotatable bonds is 4. The summed E-state index contributed by atoms with van der Waals surface area (Å²) in [6.45, 7) is 4.54. The highest BCUT2D eigenvalue weighted by Gasteiger charge is 2.32. The van der Waals surface area contributed by atoms with E-state index in [4.69, 9.17) is 4.74 Å². The molecule has 0 radical (unpaired) electrons. The summed E-state index contributed by atoms with van der Waals surface area (Å²) in [4.78, 5) is 14.3. The molecular formula is C16H22N2O4S. The second-order valence-electron chi connectivity index (χ2n) is 6.28. The molecule has 0 saturated carbocycles. The van der Waals surface area contributed by atoms with Gasteiger partial charge in [-0.3, -0.25) is 9.52 Å². The van der Waals surface area contributed by atoms with Crippen LogP contribution in [0.2, 0.25) is 0 Å². The third kappa shape index (κ3) is 3.21.